The lowest BCUT2D eigenvalue weighted by molar-refractivity contribution is 0.100. The first-order valence-electron chi connectivity index (χ1n) is 10.1. The summed E-state index contributed by atoms with van der Waals surface area (Å²) in [5.41, 5.74) is 9.92. The molecule has 0 atom stereocenters. The Balaban J connectivity index is 1.51. The van der Waals surface area contributed by atoms with E-state index in [0.717, 1.165) is 22.2 Å². The van der Waals surface area contributed by atoms with Crippen LogP contribution in [0.15, 0.2) is 78.0 Å². The van der Waals surface area contributed by atoms with E-state index >= 15 is 0 Å². The van der Waals surface area contributed by atoms with Crippen molar-refractivity contribution in [2.45, 2.75) is 6.54 Å². The van der Waals surface area contributed by atoms with Crippen molar-refractivity contribution in [1.29, 1.82) is 0 Å². The number of hydrogen-bond donors (Lipinski definition) is 2. The van der Waals surface area contributed by atoms with E-state index in [-0.39, 0.29) is 5.56 Å². The average molecular weight is 424 g/mol. The Labute approximate surface area is 182 Å². The van der Waals surface area contributed by atoms with Gasteiger partial charge in [0.15, 0.2) is 0 Å². The van der Waals surface area contributed by atoms with Crippen LogP contribution in [0.4, 0.5) is 0 Å². The second-order valence-electron chi connectivity index (χ2n) is 7.59. The highest BCUT2D eigenvalue weighted by Gasteiger charge is 2.14. The number of aromatic nitrogens is 5. The van der Waals surface area contributed by atoms with Crippen LogP contribution in [-0.4, -0.2) is 30.5 Å². The molecule has 158 valence electrons. The molecule has 0 spiro atoms. The Hall–Kier alpha value is -4.46. The molecule has 0 fully saturated rings. The Morgan fingerprint density at radius 2 is 1.97 bits per heavy atom. The van der Waals surface area contributed by atoms with Crippen molar-refractivity contribution in [3.8, 4) is 22.5 Å². The summed E-state index contributed by atoms with van der Waals surface area (Å²) in [6, 6.07) is 16.8. The first kappa shape index (κ1) is 19.5. The Morgan fingerprint density at radius 3 is 2.69 bits per heavy atom. The molecule has 0 saturated carbocycles. The van der Waals surface area contributed by atoms with Crippen LogP contribution >= 0.6 is 0 Å². The molecule has 2 aromatic carbocycles. The predicted octanol–water partition coefficient (Wildman–Crippen LogP) is 2.94. The molecule has 1 amide bonds. The minimum Gasteiger partial charge on any atom is -0.366 e. The molecule has 3 N–H and O–H groups in total. The summed E-state index contributed by atoms with van der Waals surface area (Å²) in [6.07, 6.45) is 5.20. The highest BCUT2D eigenvalue weighted by molar-refractivity contribution is 5.99. The number of nitrogens with zero attached hydrogens (tertiary/aromatic N) is 4. The van der Waals surface area contributed by atoms with E-state index in [2.05, 4.69) is 15.3 Å². The minimum atomic E-state index is -0.543. The number of carbonyl (C=O) groups excluding carboxylic acids is 1. The lowest BCUT2D eigenvalue weighted by Crippen LogP contribution is -2.20. The summed E-state index contributed by atoms with van der Waals surface area (Å²) in [7, 11) is 1.88. The van der Waals surface area contributed by atoms with Gasteiger partial charge < -0.3 is 10.3 Å². The molecule has 3 heterocycles. The summed E-state index contributed by atoms with van der Waals surface area (Å²) in [6.45, 7) is 0.319. The van der Waals surface area contributed by atoms with Crippen molar-refractivity contribution >= 4 is 16.7 Å². The standard InChI is InChI=1S/C24H20N6O2/c1-29-22(7-10-27-29)17-3-5-18-16(13-17)8-11-30(24(18)32)14-15-2-4-19(20(12-15)23(25)31)21-6-9-26-28-21/h2-13H,14H2,1H3,(H2,25,31)(H,26,28). The third-order valence-electron chi connectivity index (χ3n) is 5.57. The molecule has 0 saturated heterocycles. The zero-order valence-electron chi connectivity index (χ0n) is 17.3. The molecule has 0 bridgehead atoms. The number of rotatable bonds is 5. The number of nitrogens with one attached hydrogen (secondary N) is 1. The normalized spacial score (nSPS) is 11.2. The number of hydrogen-bond acceptors (Lipinski definition) is 4. The third-order valence-corrected chi connectivity index (χ3v) is 5.57. The molecule has 0 aliphatic rings. The van der Waals surface area contributed by atoms with Crippen LogP contribution in [0.3, 0.4) is 0 Å². The molecule has 32 heavy (non-hydrogen) atoms. The highest BCUT2D eigenvalue weighted by Crippen LogP contribution is 2.24. The van der Waals surface area contributed by atoms with Crippen LogP contribution in [0.1, 0.15) is 15.9 Å². The smallest absolute Gasteiger partial charge is 0.258 e. The van der Waals surface area contributed by atoms with Crippen molar-refractivity contribution in [2.75, 3.05) is 0 Å². The van der Waals surface area contributed by atoms with E-state index < -0.39 is 5.91 Å². The monoisotopic (exact) mass is 424 g/mol. The first-order chi connectivity index (χ1) is 15.5. The number of primary amides is 1. The molecule has 8 nitrogen and oxygen atoms in total. The van der Waals surface area contributed by atoms with Crippen LogP contribution in [0, 0.1) is 0 Å². The van der Waals surface area contributed by atoms with Gasteiger partial charge >= 0.3 is 0 Å². The number of benzene rings is 2. The van der Waals surface area contributed by atoms with Crippen LogP contribution in [0.2, 0.25) is 0 Å². The SMILES string of the molecule is Cn1nccc1-c1ccc2c(=O)n(Cc3ccc(-c4cc[nH]n4)c(C(N)=O)c3)ccc2c1. The Morgan fingerprint density at radius 1 is 1.09 bits per heavy atom. The van der Waals surface area contributed by atoms with Gasteiger partial charge in [-0.25, -0.2) is 0 Å². The number of amides is 1. The van der Waals surface area contributed by atoms with Crippen molar-refractivity contribution in [1.82, 2.24) is 24.5 Å². The van der Waals surface area contributed by atoms with Crippen molar-refractivity contribution in [3.63, 3.8) is 0 Å². The number of fused-ring (bicyclic) bond motifs is 1. The van der Waals surface area contributed by atoms with Gasteiger partial charge in [0.05, 0.1) is 17.9 Å². The van der Waals surface area contributed by atoms with Crippen LogP contribution < -0.4 is 11.3 Å². The number of H-pyrrole nitrogens is 1. The molecule has 8 heteroatoms. The lowest BCUT2D eigenvalue weighted by atomic mass is 10.0. The van der Waals surface area contributed by atoms with Crippen LogP contribution in [0.25, 0.3) is 33.3 Å². The number of pyridine rings is 1. The first-order valence-corrected chi connectivity index (χ1v) is 10.1. The number of aromatic amines is 1. The fraction of sp³-hybridized carbons (Fsp3) is 0.0833. The van der Waals surface area contributed by atoms with E-state index in [0.29, 0.717) is 28.8 Å². The molecular formula is C24H20N6O2. The van der Waals surface area contributed by atoms with E-state index in [1.54, 1.807) is 46.0 Å². The molecule has 0 radical (unpaired) electrons. The van der Waals surface area contributed by atoms with Gasteiger partial charge in [0.1, 0.15) is 0 Å². The highest BCUT2D eigenvalue weighted by atomic mass is 16.1. The van der Waals surface area contributed by atoms with Gasteiger partial charge in [-0.3, -0.25) is 19.4 Å². The predicted molar refractivity (Wildman–Crippen MR) is 122 cm³/mol. The molecule has 5 aromatic rings. The van der Waals surface area contributed by atoms with Crippen molar-refractivity contribution in [3.05, 3.63) is 94.7 Å². The molecular weight excluding hydrogens is 404 g/mol. The summed E-state index contributed by atoms with van der Waals surface area (Å²) < 4.78 is 3.42. The van der Waals surface area contributed by atoms with E-state index in [4.69, 9.17) is 5.73 Å². The van der Waals surface area contributed by atoms with Crippen LogP contribution in [0.5, 0.6) is 0 Å². The van der Waals surface area contributed by atoms with Gasteiger partial charge in [0, 0.05) is 47.7 Å². The Kier molecular flexibility index (Phi) is 4.67. The zero-order chi connectivity index (χ0) is 22.2. The van der Waals surface area contributed by atoms with E-state index in [1.807, 2.05) is 43.4 Å². The van der Waals surface area contributed by atoms with E-state index in [1.165, 1.54) is 0 Å². The van der Waals surface area contributed by atoms with Crippen molar-refractivity contribution in [2.24, 2.45) is 12.8 Å². The fourth-order valence-corrected chi connectivity index (χ4v) is 3.95. The second-order valence-corrected chi connectivity index (χ2v) is 7.59. The van der Waals surface area contributed by atoms with Gasteiger partial charge in [-0.15, -0.1) is 0 Å². The second kappa shape index (κ2) is 7.66. The molecule has 3 aromatic heterocycles. The topological polar surface area (TPSA) is 112 Å². The number of aryl methyl sites for hydroxylation is 1. The van der Waals surface area contributed by atoms with Gasteiger partial charge in [-0.2, -0.15) is 10.2 Å². The number of carbonyl (C=O) groups is 1. The molecule has 0 aliphatic carbocycles. The maximum absolute atomic E-state index is 13.1. The summed E-state index contributed by atoms with van der Waals surface area (Å²) in [5.74, 6) is -0.543. The Bertz CT molecular complexity index is 1510. The quantitative estimate of drug-likeness (QED) is 0.452. The van der Waals surface area contributed by atoms with Gasteiger partial charge in [0.25, 0.3) is 5.56 Å². The van der Waals surface area contributed by atoms with Gasteiger partial charge in [-0.05, 0) is 47.3 Å². The minimum absolute atomic E-state index is 0.101. The molecule has 0 aliphatic heterocycles. The maximum Gasteiger partial charge on any atom is 0.258 e. The van der Waals surface area contributed by atoms with Crippen LogP contribution in [-0.2, 0) is 13.6 Å². The molecule has 5 rings (SSSR count). The summed E-state index contributed by atoms with van der Waals surface area (Å²) in [5, 5.41) is 12.6. The fourth-order valence-electron chi connectivity index (χ4n) is 3.95. The average Bonchev–Trinajstić information content (AvgIpc) is 3.47. The largest absolute Gasteiger partial charge is 0.366 e. The summed E-state index contributed by atoms with van der Waals surface area (Å²) in [4.78, 5) is 25.1. The third kappa shape index (κ3) is 3.37. The lowest BCUT2D eigenvalue weighted by Gasteiger charge is -2.11. The maximum atomic E-state index is 13.1. The number of nitrogens with two attached hydrogens (primary N) is 1. The van der Waals surface area contributed by atoms with Crippen molar-refractivity contribution < 1.29 is 4.79 Å². The zero-order valence-corrected chi connectivity index (χ0v) is 17.3. The van der Waals surface area contributed by atoms with E-state index in [9.17, 15) is 9.59 Å². The van der Waals surface area contributed by atoms with Gasteiger partial charge in [0.2, 0.25) is 5.91 Å². The summed E-state index contributed by atoms with van der Waals surface area (Å²) >= 11 is 0. The molecule has 0 unspecified atom stereocenters. The van der Waals surface area contributed by atoms with Gasteiger partial charge in [-0.1, -0.05) is 18.2 Å².